The second-order valence-corrected chi connectivity index (χ2v) is 10.6. The number of aryl methyl sites for hydroxylation is 1. The van der Waals surface area contributed by atoms with Crippen molar-refractivity contribution in [2.45, 2.75) is 25.9 Å². The summed E-state index contributed by atoms with van der Waals surface area (Å²) in [7, 11) is 0. The molecule has 2 aliphatic heterocycles. The van der Waals surface area contributed by atoms with E-state index in [0.29, 0.717) is 5.11 Å². The van der Waals surface area contributed by atoms with Gasteiger partial charge >= 0.3 is 0 Å². The second kappa shape index (κ2) is 10.4. The van der Waals surface area contributed by atoms with Gasteiger partial charge < -0.3 is 24.4 Å². The van der Waals surface area contributed by atoms with E-state index in [2.05, 4.69) is 82.1 Å². The minimum absolute atomic E-state index is 0.0705. The number of morpholine rings is 1. The molecule has 0 spiro atoms. The molecular formula is C30H30ClN5OS. The smallest absolute Gasteiger partial charge is 0.174 e. The van der Waals surface area contributed by atoms with E-state index < -0.39 is 0 Å². The minimum atomic E-state index is -0.0956. The van der Waals surface area contributed by atoms with Gasteiger partial charge in [0.25, 0.3) is 0 Å². The molecule has 4 heterocycles. The minimum Gasteiger partial charge on any atom is -0.378 e. The first-order chi connectivity index (χ1) is 18.5. The van der Waals surface area contributed by atoms with Gasteiger partial charge in [-0.2, -0.15) is 0 Å². The number of ether oxygens (including phenoxy) is 1. The summed E-state index contributed by atoms with van der Waals surface area (Å²) in [4.78, 5) is 9.32. The van der Waals surface area contributed by atoms with Crippen LogP contribution in [0.15, 0.2) is 79.0 Å². The lowest BCUT2D eigenvalue weighted by Crippen LogP contribution is -2.36. The summed E-state index contributed by atoms with van der Waals surface area (Å²) in [5.41, 5.74) is 7.83. The molecular weight excluding hydrogens is 514 g/mol. The Labute approximate surface area is 233 Å². The fourth-order valence-electron chi connectivity index (χ4n) is 5.67. The van der Waals surface area contributed by atoms with E-state index in [4.69, 9.17) is 33.5 Å². The summed E-state index contributed by atoms with van der Waals surface area (Å²) < 4.78 is 7.81. The summed E-state index contributed by atoms with van der Waals surface area (Å²) >= 11 is 12.1. The van der Waals surface area contributed by atoms with Crippen LogP contribution in [0, 0.1) is 13.8 Å². The number of halogens is 1. The number of nitrogens with zero attached hydrogens (tertiary/aromatic N) is 4. The van der Waals surface area contributed by atoms with Gasteiger partial charge in [-0.3, -0.25) is 4.98 Å². The molecule has 2 aromatic heterocycles. The number of hydrogen-bond donors (Lipinski definition) is 1. The fourth-order valence-corrected chi connectivity index (χ4v) is 6.14. The monoisotopic (exact) mass is 543 g/mol. The number of aromatic nitrogens is 2. The van der Waals surface area contributed by atoms with Crippen LogP contribution in [0.2, 0.25) is 5.02 Å². The molecule has 6 nitrogen and oxygen atoms in total. The molecule has 2 saturated heterocycles. The van der Waals surface area contributed by atoms with Crippen molar-refractivity contribution in [3.63, 3.8) is 0 Å². The highest BCUT2D eigenvalue weighted by atomic mass is 35.5. The second-order valence-electron chi connectivity index (χ2n) is 9.75. The Morgan fingerprint density at radius 1 is 0.921 bits per heavy atom. The molecule has 0 bridgehead atoms. The van der Waals surface area contributed by atoms with Crippen molar-refractivity contribution in [1.82, 2.24) is 14.9 Å². The van der Waals surface area contributed by atoms with Crippen molar-refractivity contribution in [2.24, 2.45) is 0 Å². The van der Waals surface area contributed by atoms with E-state index >= 15 is 0 Å². The van der Waals surface area contributed by atoms with E-state index in [1.54, 1.807) is 0 Å². The van der Waals surface area contributed by atoms with Gasteiger partial charge in [-0.15, -0.1) is 0 Å². The highest BCUT2D eigenvalue weighted by Gasteiger charge is 2.42. The number of rotatable bonds is 5. The number of benzene rings is 2. The summed E-state index contributed by atoms with van der Waals surface area (Å²) in [6.07, 6.45) is 1.84. The van der Waals surface area contributed by atoms with Crippen LogP contribution in [-0.4, -0.2) is 41.0 Å². The molecule has 194 valence electrons. The molecule has 1 N–H and O–H groups in total. The fraction of sp³-hybridized carbons (Fsp3) is 0.267. The molecule has 2 atom stereocenters. The Balaban J connectivity index is 1.43. The quantitative estimate of drug-likeness (QED) is 0.304. The van der Waals surface area contributed by atoms with Crippen molar-refractivity contribution < 1.29 is 4.74 Å². The molecule has 38 heavy (non-hydrogen) atoms. The molecule has 0 saturated carbocycles. The number of pyridine rings is 1. The zero-order valence-corrected chi connectivity index (χ0v) is 23.0. The molecule has 2 fully saturated rings. The summed E-state index contributed by atoms with van der Waals surface area (Å²) in [5.74, 6) is 0. The number of thiocarbonyl (C=S) groups is 1. The largest absolute Gasteiger partial charge is 0.378 e. The van der Waals surface area contributed by atoms with Gasteiger partial charge in [0.2, 0.25) is 0 Å². The van der Waals surface area contributed by atoms with Gasteiger partial charge in [-0.25, -0.2) is 0 Å². The Kier molecular flexibility index (Phi) is 6.82. The van der Waals surface area contributed by atoms with Gasteiger partial charge in [0.15, 0.2) is 5.11 Å². The average molecular weight is 544 g/mol. The molecule has 2 aliphatic rings. The SMILES string of the molecule is Cc1cc([C@@H]2[C@@H](c3ccccn3)NC(=S)N2c2ccc(N3CCOCC3)cc2)c(C)n1-c1ccc(Cl)cc1. The highest BCUT2D eigenvalue weighted by molar-refractivity contribution is 7.80. The van der Waals surface area contributed by atoms with E-state index in [9.17, 15) is 0 Å². The Bertz CT molecular complexity index is 1430. The van der Waals surface area contributed by atoms with E-state index in [1.807, 2.05) is 30.5 Å². The zero-order valence-electron chi connectivity index (χ0n) is 21.5. The Morgan fingerprint density at radius 2 is 1.61 bits per heavy atom. The summed E-state index contributed by atoms with van der Waals surface area (Å²) in [5, 5.41) is 5.01. The van der Waals surface area contributed by atoms with E-state index in [-0.39, 0.29) is 12.1 Å². The third-order valence-electron chi connectivity index (χ3n) is 7.48. The van der Waals surface area contributed by atoms with Crippen LogP contribution in [0.5, 0.6) is 0 Å². The third-order valence-corrected chi connectivity index (χ3v) is 8.04. The molecule has 8 heteroatoms. The maximum absolute atomic E-state index is 6.18. The number of anilines is 2. The molecule has 6 rings (SSSR count). The molecule has 0 radical (unpaired) electrons. The molecule has 2 aromatic carbocycles. The predicted octanol–water partition coefficient (Wildman–Crippen LogP) is 6.16. The van der Waals surface area contributed by atoms with Gasteiger partial charge in [0, 0.05) is 52.8 Å². The third kappa shape index (κ3) is 4.55. The van der Waals surface area contributed by atoms with Gasteiger partial charge in [-0.1, -0.05) is 17.7 Å². The van der Waals surface area contributed by atoms with Crippen molar-refractivity contribution >= 4 is 40.3 Å². The summed E-state index contributed by atoms with van der Waals surface area (Å²) in [6, 6.07) is 24.8. The maximum Gasteiger partial charge on any atom is 0.174 e. The van der Waals surface area contributed by atoms with Gasteiger partial charge in [-0.05, 0) is 98.4 Å². The van der Waals surface area contributed by atoms with Crippen molar-refractivity contribution in [3.05, 3.63) is 107 Å². The van der Waals surface area contributed by atoms with Crippen LogP contribution in [0.4, 0.5) is 11.4 Å². The molecule has 0 unspecified atom stereocenters. The van der Waals surface area contributed by atoms with Crippen LogP contribution in [0.3, 0.4) is 0 Å². The molecule has 0 amide bonds. The van der Waals surface area contributed by atoms with Gasteiger partial charge in [0.05, 0.1) is 31.0 Å². The standard InChI is InChI=1S/C30H30ClN5OS/c1-20-19-26(21(2)35(20)24-8-6-22(31)7-9-24)29-28(27-5-3-4-14-32-27)33-30(38)36(29)25-12-10-23(11-13-25)34-15-17-37-18-16-34/h3-14,19,28-29H,15-18H2,1-2H3,(H,33,38)/t28-,29-/m1/s1. The first-order valence-corrected chi connectivity index (χ1v) is 13.7. The Hall–Kier alpha value is -3.39. The number of hydrogen-bond acceptors (Lipinski definition) is 4. The topological polar surface area (TPSA) is 45.6 Å². The number of nitrogens with one attached hydrogen (secondary N) is 1. The van der Waals surface area contributed by atoms with Crippen molar-refractivity contribution in [3.8, 4) is 5.69 Å². The van der Waals surface area contributed by atoms with Crippen LogP contribution in [0.25, 0.3) is 5.69 Å². The lowest BCUT2D eigenvalue weighted by Gasteiger charge is -2.31. The lowest BCUT2D eigenvalue weighted by molar-refractivity contribution is 0.122. The first-order valence-electron chi connectivity index (χ1n) is 12.9. The predicted molar refractivity (Wildman–Crippen MR) is 158 cm³/mol. The van der Waals surface area contributed by atoms with Crippen LogP contribution in [-0.2, 0) is 4.74 Å². The average Bonchev–Trinajstić information content (AvgIpc) is 3.45. The molecule has 4 aromatic rings. The van der Waals surface area contributed by atoms with Crippen LogP contribution >= 0.6 is 23.8 Å². The Morgan fingerprint density at radius 3 is 2.29 bits per heavy atom. The van der Waals surface area contributed by atoms with Crippen molar-refractivity contribution in [1.29, 1.82) is 0 Å². The lowest BCUT2D eigenvalue weighted by atomic mass is 9.96. The van der Waals surface area contributed by atoms with Crippen molar-refractivity contribution in [2.75, 3.05) is 36.1 Å². The summed E-state index contributed by atoms with van der Waals surface area (Å²) in [6.45, 7) is 7.66. The van der Waals surface area contributed by atoms with Crippen LogP contribution < -0.4 is 15.1 Å². The normalized spacial score (nSPS) is 19.6. The highest BCUT2D eigenvalue weighted by Crippen LogP contribution is 2.44. The van der Waals surface area contributed by atoms with E-state index in [0.717, 1.165) is 59.8 Å². The van der Waals surface area contributed by atoms with E-state index in [1.165, 1.54) is 11.3 Å². The maximum atomic E-state index is 6.18. The first kappa shape index (κ1) is 24.9. The van der Waals surface area contributed by atoms with Gasteiger partial charge in [0.1, 0.15) is 0 Å². The zero-order chi connectivity index (χ0) is 26.2. The van der Waals surface area contributed by atoms with Crippen LogP contribution in [0.1, 0.15) is 34.7 Å². The molecule has 0 aliphatic carbocycles.